The van der Waals surface area contributed by atoms with Gasteiger partial charge in [-0.3, -0.25) is 4.79 Å². The molecular formula is C42H68O14. The maximum atomic E-state index is 14.6. The summed E-state index contributed by atoms with van der Waals surface area (Å²) < 4.78 is 23.7. The maximum absolute atomic E-state index is 14.6. The lowest BCUT2D eigenvalue weighted by Gasteiger charge is -2.71. The molecule has 14 nitrogen and oxygen atoms in total. The minimum atomic E-state index is -1.75. The maximum Gasteiger partial charge on any atom is 0.317 e. The van der Waals surface area contributed by atoms with E-state index in [4.69, 9.17) is 18.9 Å². The highest BCUT2D eigenvalue weighted by atomic mass is 16.7. The number of hydrogen-bond donors (Lipinski definition) is 9. The van der Waals surface area contributed by atoms with Crippen LogP contribution in [0.15, 0.2) is 11.6 Å². The molecule has 2 aliphatic heterocycles. The molecule has 0 amide bonds. The third-order valence-corrected chi connectivity index (χ3v) is 17.2. The summed E-state index contributed by atoms with van der Waals surface area (Å²) in [6.07, 6.45) is -7.67. The molecule has 6 fully saturated rings. The number of hydrogen-bond acceptors (Lipinski definition) is 14. The Morgan fingerprint density at radius 3 is 1.91 bits per heavy atom. The van der Waals surface area contributed by atoms with Gasteiger partial charge in [0, 0.05) is 0 Å². The van der Waals surface area contributed by atoms with Gasteiger partial charge in [-0.25, -0.2) is 0 Å². The third-order valence-electron chi connectivity index (χ3n) is 17.2. The summed E-state index contributed by atoms with van der Waals surface area (Å²) >= 11 is 0. The Morgan fingerprint density at radius 2 is 1.30 bits per heavy atom. The van der Waals surface area contributed by atoms with Gasteiger partial charge in [-0.1, -0.05) is 60.1 Å². The van der Waals surface area contributed by atoms with Crippen LogP contribution in [-0.2, 0) is 23.7 Å². The summed E-state index contributed by atoms with van der Waals surface area (Å²) in [5.74, 6) is -0.627. The second-order valence-corrected chi connectivity index (χ2v) is 20.8. The van der Waals surface area contributed by atoms with Gasteiger partial charge < -0.3 is 64.9 Å². The van der Waals surface area contributed by atoms with E-state index in [1.165, 1.54) is 5.57 Å². The number of esters is 1. The lowest BCUT2D eigenvalue weighted by Crippen LogP contribution is -2.68. The van der Waals surface area contributed by atoms with Gasteiger partial charge in [0.05, 0.1) is 25.4 Å². The molecule has 0 spiro atoms. The summed E-state index contributed by atoms with van der Waals surface area (Å²) in [6.45, 7) is 14.6. The molecule has 0 radical (unpaired) electrons. The Hall–Kier alpha value is -1.27. The standard InChI is InChI=1S/C42H68O14/c1-37(2)14-15-42(36(52)56-35-33(51)31(49)29(47)23(19-44)54-35)21(16-37)20-8-9-25-39(5)12-11-27(55-34-32(50)30(48)28(46)22(18-43)53-34)38(3,4)24(39)10-13-40(25,6)41(20,7)17-26(42)45/h8,21-35,43-51H,9-19H2,1-7H3/t21-,22+,23+,24-,25+,26+,27-,28+,29+,30-,31-,32+,33+,34-,35-,39+,40-,41-,42-/m1/s1. The largest absolute Gasteiger partial charge is 0.432 e. The fourth-order valence-corrected chi connectivity index (χ4v) is 13.7. The minimum Gasteiger partial charge on any atom is -0.432 e. The highest BCUT2D eigenvalue weighted by Crippen LogP contribution is 2.76. The summed E-state index contributed by atoms with van der Waals surface area (Å²) in [5.41, 5.74) is -1.53. The van der Waals surface area contributed by atoms with Crippen molar-refractivity contribution in [3.05, 3.63) is 11.6 Å². The number of ether oxygens (including phenoxy) is 4. The third kappa shape index (κ3) is 6.13. The van der Waals surface area contributed by atoms with Crippen LogP contribution in [-0.4, -0.2) is 139 Å². The first-order valence-corrected chi connectivity index (χ1v) is 20.9. The number of fused-ring (bicyclic) bond motifs is 7. The lowest BCUT2D eigenvalue weighted by molar-refractivity contribution is -0.330. The molecule has 9 N–H and O–H groups in total. The number of aliphatic hydroxyl groups excluding tert-OH is 9. The Bertz CT molecular complexity index is 1520. The zero-order valence-electron chi connectivity index (χ0n) is 34.1. The molecule has 4 saturated carbocycles. The zero-order valence-corrected chi connectivity index (χ0v) is 34.1. The summed E-state index contributed by atoms with van der Waals surface area (Å²) in [4.78, 5) is 14.6. The fraction of sp³-hybridized carbons (Fsp3) is 0.929. The average molecular weight is 797 g/mol. The Kier molecular flexibility index (Phi) is 11.0. The van der Waals surface area contributed by atoms with Crippen LogP contribution in [0, 0.1) is 50.2 Å². The molecule has 0 aromatic heterocycles. The van der Waals surface area contributed by atoms with Crippen molar-refractivity contribution in [1.29, 1.82) is 0 Å². The first-order chi connectivity index (χ1) is 26.0. The minimum absolute atomic E-state index is 0.135. The normalized spacial score (nSPS) is 53.7. The van der Waals surface area contributed by atoms with Crippen LogP contribution in [0.3, 0.4) is 0 Å². The predicted octanol–water partition coefficient (Wildman–Crippen LogP) is 1.29. The van der Waals surface area contributed by atoms with Crippen LogP contribution < -0.4 is 0 Å². The van der Waals surface area contributed by atoms with E-state index in [0.717, 1.165) is 25.7 Å². The molecule has 2 saturated heterocycles. The van der Waals surface area contributed by atoms with E-state index in [1.807, 2.05) is 0 Å². The van der Waals surface area contributed by atoms with Crippen molar-refractivity contribution in [3.63, 3.8) is 0 Å². The molecule has 5 aliphatic carbocycles. The van der Waals surface area contributed by atoms with E-state index in [0.29, 0.717) is 32.1 Å². The second-order valence-electron chi connectivity index (χ2n) is 20.8. The van der Waals surface area contributed by atoms with E-state index in [-0.39, 0.29) is 45.5 Å². The van der Waals surface area contributed by atoms with Crippen molar-refractivity contribution >= 4 is 5.97 Å². The van der Waals surface area contributed by atoms with E-state index in [9.17, 15) is 50.8 Å². The van der Waals surface area contributed by atoms with Crippen molar-refractivity contribution in [2.45, 2.75) is 180 Å². The molecule has 14 heteroatoms. The second kappa shape index (κ2) is 14.4. The van der Waals surface area contributed by atoms with E-state index < -0.39 is 97.5 Å². The van der Waals surface area contributed by atoms with Gasteiger partial charge in [0.25, 0.3) is 0 Å². The number of carbonyl (C=O) groups excluding carboxylic acids is 1. The smallest absolute Gasteiger partial charge is 0.317 e. The van der Waals surface area contributed by atoms with E-state index >= 15 is 0 Å². The predicted molar refractivity (Wildman–Crippen MR) is 199 cm³/mol. The van der Waals surface area contributed by atoms with Crippen molar-refractivity contribution in [1.82, 2.24) is 0 Å². The Labute approximate surface area is 330 Å². The summed E-state index contributed by atoms with van der Waals surface area (Å²) in [5, 5.41) is 95.2. The zero-order chi connectivity index (χ0) is 41.1. The van der Waals surface area contributed by atoms with Gasteiger partial charge in [-0.05, 0) is 103 Å². The lowest BCUT2D eigenvalue weighted by atomic mass is 9.33. The molecule has 56 heavy (non-hydrogen) atoms. The summed E-state index contributed by atoms with van der Waals surface area (Å²) in [6, 6.07) is 0. The number of carbonyl (C=O) groups is 1. The molecule has 320 valence electrons. The van der Waals surface area contributed by atoms with Crippen LogP contribution in [0.2, 0.25) is 0 Å². The van der Waals surface area contributed by atoms with E-state index in [1.54, 1.807) is 0 Å². The SMILES string of the molecule is CC1(C)CC[C@@]2(C(=O)O[C@H]3O[C@@H](CO)[C@H](O)[C@@H](O)[C@@H]3O)[C@H](C1)C1=CC[C@H]3[C@@]4(C)CC[C@@H](O[C@H]5O[C@@H](CO)[C@H](O)[C@@H](O)[C@@H]5O)C(C)(C)[C@H]4CC[C@@]3(C)[C@]1(C)C[C@@H]2O. The molecule has 19 atom stereocenters. The first kappa shape index (κ1) is 42.8. The summed E-state index contributed by atoms with van der Waals surface area (Å²) in [7, 11) is 0. The number of allylic oxidation sites excluding steroid dienone is 2. The topological polar surface area (TPSA) is 236 Å². The molecule has 0 unspecified atom stereocenters. The van der Waals surface area contributed by atoms with Crippen LogP contribution in [0.5, 0.6) is 0 Å². The molecule has 0 bridgehead atoms. The fourth-order valence-electron chi connectivity index (χ4n) is 13.7. The van der Waals surface area contributed by atoms with Crippen LogP contribution in [0.25, 0.3) is 0 Å². The van der Waals surface area contributed by atoms with Gasteiger partial charge in [-0.15, -0.1) is 0 Å². The van der Waals surface area contributed by atoms with Crippen molar-refractivity contribution < 1.29 is 69.7 Å². The number of aliphatic hydroxyl groups is 9. The molecule has 0 aromatic rings. The van der Waals surface area contributed by atoms with Crippen molar-refractivity contribution in [2.75, 3.05) is 13.2 Å². The average Bonchev–Trinajstić information content (AvgIpc) is 3.13. The van der Waals surface area contributed by atoms with Crippen molar-refractivity contribution in [3.8, 4) is 0 Å². The highest BCUT2D eigenvalue weighted by Gasteiger charge is 2.72. The molecular weight excluding hydrogens is 728 g/mol. The highest BCUT2D eigenvalue weighted by molar-refractivity contribution is 5.80. The van der Waals surface area contributed by atoms with Crippen molar-refractivity contribution in [2.24, 2.45) is 50.2 Å². The molecule has 7 aliphatic rings. The van der Waals surface area contributed by atoms with Gasteiger partial charge in [0.15, 0.2) is 6.29 Å². The molecule has 0 aromatic carbocycles. The van der Waals surface area contributed by atoms with Gasteiger partial charge in [-0.2, -0.15) is 0 Å². The molecule has 7 rings (SSSR count). The quantitative estimate of drug-likeness (QED) is 0.105. The van der Waals surface area contributed by atoms with Crippen LogP contribution in [0.1, 0.15) is 106 Å². The van der Waals surface area contributed by atoms with Gasteiger partial charge in [0.1, 0.15) is 54.2 Å². The monoisotopic (exact) mass is 796 g/mol. The number of rotatable bonds is 6. The van der Waals surface area contributed by atoms with Gasteiger partial charge >= 0.3 is 5.97 Å². The van der Waals surface area contributed by atoms with E-state index in [2.05, 4.69) is 54.5 Å². The van der Waals surface area contributed by atoms with Crippen LogP contribution >= 0.6 is 0 Å². The Balaban J connectivity index is 1.18. The molecule has 2 heterocycles. The van der Waals surface area contributed by atoms with Crippen LogP contribution in [0.4, 0.5) is 0 Å². The Morgan fingerprint density at radius 1 is 0.714 bits per heavy atom. The first-order valence-electron chi connectivity index (χ1n) is 20.9. The van der Waals surface area contributed by atoms with Gasteiger partial charge in [0.2, 0.25) is 6.29 Å².